The van der Waals surface area contributed by atoms with Crippen molar-refractivity contribution in [3.8, 4) is 5.75 Å². The predicted octanol–water partition coefficient (Wildman–Crippen LogP) is 1.90. The molecule has 98 valence electrons. The van der Waals surface area contributed by atoms with Gasteiger partial charge in [-0.2, -0.15) is 0 Å². The van der Waals surface area contributed by atoms with E-state index in [1.54, 1.807) is 24.3 Å². The van der Waals surface area contributed by atoms with E-state index in [1.807, 2.05) is 0 Å². The third-order valence-corrected chi connectivity index (χ3v) is 3.73. The summed E-state index contributed by atoms with van der Waals surface area (Å²) in [6.07, 6.45) is 1.78. The summed E-state index contributed by atoms with van der Waals surface area (Å²) in [6.45, 7) is 1.88. The van der Waals surface area contributed by atoms with Crippen LogP contribution in [0.2, 0.25) is 0 Å². The number of likely N-dealkylation sites (tertiary alicyclic amines) is 1. The molecule has 1 atom stereocenters. The molecule has 1 unspecified atom stereocenters. The van der Waals surface area contributed by atoms with Gasteiger partial charge in [0.15, 0.2) is 0 Å². The van der Waals surface area contributed by atoms with Gasteiger partial charge in [0, 0.05) is 0 Å². The fourth-order valence-electron chi connectivity index (χ4n) is 2.70. The molecule has 1 saturated heterocycles. The normalized spacial score (nSPS) is 19.6. The van der Waals surface area contributed by atoms with E-state index < -0.39 is 11.9 Å². The van der Waals surface area contributed by atoms with Gasteiger partial charge in [-0.05, 0) is 56.6 Å². The van der Waals surface area contributed by atoms with E-state index in [0.29, 0.717) is 5.56 Å². The monoisotopic (exact) mass is 249 g/mol. The van der Waals surface area contributed by atoms with Crippen LogP contribution in [0.3, 0.4) is 0 Å². The number of piperidine rings is 1. The highest BCUT2D eigenvalue weighted by Crippen LogP contribution is 2.33. The van der Waals surface area contributed by atoms with Gasteiger partial charge in [-0.25, -0.2) is 0 Å². The highest BCUT2D eigenvalue weighted by Gasteiger charge is 2.31. The van der Waals surface area contributed by atoms with Gasteiger partial charge in [0.1, 0.15) is 5.75 Å². The summed E-state index contributed by atoms with van der Waals surface area (Å²) >= 11 is 0. The fourth-order valence-corrected chi connectivity index (χ4v) is 2.70. The molecule has 1 heterocycles. The lowest BCUT2D eigenvalue weighted by Gasteiger charge is -2.32. The Morgan fingerprint density at radius 3 is 2.61 bits per heavy atom. The van der Waals surface area contributed by atoms with Crippen molar-refractivity contribution in [2.45, 2.75) is 18.8 Å². The summed E-state index contributed by atoms with van der Waals surface area (Å²) in [5.74, 6) is -1.02. The quantitative estimate of drug-likeness (QED) is 0.859. The summed E-state index contributed by atoms with van der Waals surface area (Å²) in [6, 6.07) is 6.63. The lowest BCUT2D eigenvalue weighted by atomic mass is 9.80. The Bertz CT molecular complexity index is 425. The molecule has 18 heavy (non-hydrogen) atoms. The van der Waals surface area contributed by atoms with Crippen LogP contribution in [0.4, 0.5) is 0 Å². The highest BCUT2D eigenvalue weighted by atomic mass is 16.4. The highest BCUT2D eigenvalue weighted by molar-refractivity contribution is 5.76. The van der Waals surface area contributed by atoms with E-state index in [1.165, 1.54) is 0 Å². The number of carbonyl (C=O) groups is 1. The van der Waals surface area contributed by atoms with Crippen molar-refractivity contribution in [1.82, 2.24) is 4.90 Å². The number of benzene rings is 1. The van der Waals surface area contributed by atoms with Crippen LogP contribution in [0.15, 0.2) is 24.3 Å². The van der Waals surface area contributed by atoms with Crippen LogP contribution in [0.25, 0.3) is 0 Å². The first-order chi connectivity index (χ1) is 8.58. The second kappa shape index (κ2) is 5.40. The molecular formula is C14H19NO3. The number of rotatable bonds is 3. The topological polar surface area (TPSA) is 60.8 Å². The summed E-state index contributed by atoms with van der Waals surface area (Å²) in [7, 11) is 2.06. The van der Waals surface area contributed by atoms with Crippen LogP contribution in [-0.2, 0) is 4.79 Å². The maximum atomic E-state index is 11.5. The molecule has 0 bridgehead atoms. The van der Waals surface area contributed by atoms with E-state index in [0.717, 1.165) is 25.9 Å². The zero-order chi connectivity index (χ0) is 13.1. The SMILES string of the molecule is CN1CCC(C(C(=O)O)c2cccc(O)c2)CC1. The molecule has 0 aliphatic carbocycles. The maximum Gasteiger partial charge on any atom is 0.311 e. The summed E-state index contributed by atoms with van der Waals surface area (Å²) < 4.78 is 0. The van der Waals surface area contributed by atoms with Crippen molar-refractivity contribution in [3.63, 3.8) is 0 Å². The molecule has 2 rings (SSSR count). The standard InChI is InChI=1S/C14H19NO3/c1-15-7-5-10(6-8-15)13(14(17)18)11-3-2-4-12(16)9-11/h2-4,9-10,13,16H,5-8H2,1H3,(H,17,18). The summed E-state index contributed by atoms with van der Waals surface area (Å²) in [5.41, 5.74) is 0.706. The number of hydrogen-bond acceptors (Lipinski definition) is 3. The Hall–Kier alpha value is -1.55. The first-order valence-electron chi connectivity index (χ1n) is 6.28. The van der Waals surface area contributed by atoms with Gasteiger partial charge in [-0.1, -0.05) is 12.1 Å². The minimum Gasteiger partial charge on any atom is -0.508 e. The molecule has 1 aliphatic rings. The largest absolute Gasteiger partial charge is 0.508 e. The lowest BCUT2D eigenvalue weighted by Crippen LogP contribution is -2.34. The molecule has 4 nitrogen and oxygen atoms in total. The molecule has 0 saturated carbocycles. The number of phenols is 1. The first kappa shape index (κ1) is 12.9. The fraction of sp³-hybridized carbons (Fsp3) is 0.500. The van der Waals surface area contributed by atoms with Gasteiger partial charge < -0.3 is 15.1 Å². The number of phenolic OH excluding ortho intramolecular Hbond substituents is 1. The number of aromatic hydroxyl groups is 1. The van der Waals surface area contributed by atoms with Crippen molar-refractivity contribution in [2.75, 3.05) is 20.1 Å². The Kier molecular flexibility index (Phi) is 3.87. The number of hydrogen-bond donors (Lipinski definition) is 2. The van der Waals surface area contributed by atoms with Crippen LogP contribution in [0.5, 0.6) is 5.75 Å². The number of nitrogens with zero attached hydrogens (tertiary/aromatic N) is 1. The van der Waals surface area contributed by atoms with Crippen molar-refractivity contribution in [2.24, 2.45) is 5.92 Å². The minimum atomic E-state index is -0.796. The Labute approximate surface area is 107 Å². The van der Waals surface area contributed by atoms with Crippen LogP contribution in [0, 0.1) is 5.92 Å². The second-order valence-electron chi connectivity index (χ2n) is 5.05. The lowest BCUT2D eigenvalue weighted by molar-refractivity contribution is -0.140. The predicted molar refractivity (Wildman–Crippen MR) is 68.7 cm³/mol. The van der Waals surface area contributed by atoms with Crippen LogP contribution in [-0.4, -0.2) is 41.2 Å². The van der Waals surface area contributed by atoms with E-state index in [2.05, 4.69) is 11.9 Å². The van der Waals surface area contributed by atoms with Crippen LogP contribution < -0.4 is 0 Å². The Morgan fingerprint density at radius 1 is 1.39 bits per heavy atom. The molecule has 1 aliphatic heterocycles. The zero-order valence-corrected chi connectivity index (χ0v) is 10.5. The second-order valence-corrected chi connectivity index (χ2v) is 5.05. The molecular weight excluding hydrogens is 230 g/mol. The van der Waals surface area contributed by atoms with Crippen molar-refractivity contribution >= 4 is 5.97 Å². The van der Waals surface area contributed by atoms with Crippen LogP contribution in [0.1, 0.15) is 24.3 Å². The molecule has 0 aromatic heterocycles. The minimum absolute atomic E-state index is 0.131. The molecule has 1 aromatic rings. The molecule has 2 N–H and O–H groups in total. The maximum absolute atomic E-state index is 11.5. The van der Waals surface area contributed by atoms with Gasteiger partial charge in [-0.3, -0.25) is 4.79 Å². The molecule has 1 fully saturated rings. The smallest absolute Gasteiger partial charge is 0.311 e. The van der Waals surface area contributed by atoms with Gasteiger partial charge in [0.25, 0.3) is 0 Å². The third-order valence-electron chi connectivity index (χ3n) is 3.73. The molecule has 0 radical (unpaired) electrons. The Morgan fingerprint density at radius 2 is 2.06 bits per heavy atom. The zero-order valence-electron chi connectivity index (χ0n) is 10.5. The molecule has 0 amide bonds. The van der Waals surface area contributed by atoms with Crippen molar-refractivity contribution in [3.05, 3.63) is 29.8 Å². The first-order valence-corrected chi connectivity index (χ1v) is 6.28. The molecule has 1 aromatic carbocycles. The van der Waals surface area contributed by atoms with Gasteiger partial charge in [-0.15, -0.1) is 0 Å². The number of carboxylic acid groups (broad SMARTS) is 1. The summed E-state index contributed by atoms with van der Waals surface area (Å²) in [4.78, 5) is 13.7. The van der Waals surface area contributed by atoms with Gasteiger partial charge in [0.05, 0.1) is 5.92 Å². The van der Waals surface area contributed by atoms with Gasteiger partial charge >= 0.3 is 5.97 Å². The van der Waals surface area contributed by atoms with Crippen molar-refractivity contribution < 1.29 is 15.0 Å². The Balaban J connectivity index is 2.21. The summed E-state index contributed by atoms with van der Waals surface area (Å²) in [5, 5.41) is 18.9. The third kappa shape index (κ3) is 2.82. The van der Waals surface area contributed by atoms with E-state index in [9.17, 15) is 15.0 Å². The number of carboxylic acids is 1. The van der Waals surface area contributed by atoms with Gasteiger partial charge in [0.2, 0.25) is 0 Å². The average Bonchev–Trinajstić information content (AvgIpc) is 2.32. The molecule has 0 spiro atoms. The van der Waals surface area contributed by atoms with E-state index in [4.69, 9.17) is 0 Å². The molecule has 4 heteroatoms. The average molecular weight is 249 g/mol. The van der Waals surface area contributed by atoms with Crippen molar-refractivity contribution in [1.29, 1.82) is 0 Å². The van der Waals surface area contributed by atoms with E-state index >= 15 is 0 Å². The van der Waals surface area contributed by atoms with Crippen LogP contribution >= 0.6 is 0 Å². The number of aliphatic carboxylic acids is 1. The van der Waals surface area contributed by atoms with E-state index in [-0.39, 0.29) is 11.7 Å².